The lowest BCUT2D eigenvalue weighted by molar-refractivity contribution is 0.531. The average molecular weight is 230 g/mol. The molecule has 86 valence electrons. The highest BCUT2D eigenvalue weighted by atomic mass is 35.5. The molecule has 1 atom stereocenters. The van der Waals surface area contributed by atoms with Gasteiger partial charge in [0.25, 0.3) is 0 Å². The Kier molecular flexibility index (Phi) is 5.73. The molecule has 0 saturated heterocycles. The van der Waals surface area contributed by atoms with E-state index in [1.165, 1.54) is 18.4 Å². The summed E-state index contributed by atoms with van der Waals surface area (Å²) in [4.78, 5) is 0. The Morgan fingerprint density at radius 2 is 2.40 bits per heavy atom. The maximum Gasteiger partial charge on any atom is 0.0534 e. The van der Waals surface area contributed by atoms with Gasteiger partial charge in [0.2, 0.25) is 0 Å². The summed E-state index contributed by atoms with van der Waals surface area (Å²) in [5.74, 6) is 1.40. The molecule has 4 heteroatoms. The van der Waals surface area contributed by atoms with Crippen LogP contribution in [0.3, 0.4) is 0 Å². The molecule has 0 fully saturated rings. The van der Waals surface area contributed by atoms with E-state index in [0.717, 1.165) is 19.0 Å². The fourth-order valence-corrected chi connectivity index (χ4v) is 1.60. The summed E-state index contributed by atoms with van der Waals surface area (Å²) >= 11 is 5.73. The SMILES string of the molecule is CC(CCl)CCCNCc1cnn(C)c1. The van der Waals surface area contributed by atoms with Crippen molar-refractivity contribution in [1.82, 2.24) is 15.1 Å². The van der Waals surface area contributed by atoms with Crippen molar-refractivity contribution < 1.29 is 0 Å². The largest absolute Gasteiger partial charge is 0.313 e. The molecular formula is C11H20ClN3. The first kappa shape index (κ1) is 12.5. The van der Waals surface area contributed by atoms with E-state index < -0.39 is 0 Å². The number of hydrogen-bond donors (Lipinski definition) is 1. The van der Waals surface area contributed by atoms with Gasteiger partial charge >= 0.3 is 0 Å². The fraction of sp³-hybridized carbons (Fsp3) is 0.727. The lowest BCUT2D eigenvalue weighted by Gasteiger charge is -2.07. The number of hydrogen-bond acceptors (Lipinski definition) is 2. The molecule has 1 aromatic heterocycles. The van der Waals surface area contributed by atoms with Crippen LogP contribution in [0.4, 0.5) is 0 Å². The van der Waals surface area contributed by atoms with E-state index in [1.807, 2.05) is 24.1 Å². The minimum atomic E-state index is 0.631. The number of nitrogens with zero attached hydrogens (tertiary/aromatic N) is 2. The molecule has 0 aliphatic heterocycles. The molecule has 0 saturated carbocycles. The summed E-state index contributed by atoms with van der Waals surface area (Å²) in [6.07, 6.45) is 6.32. The van der Waals surface area contributed by atoms with Gasteiger partial charge in [-0.3, -0.25) is 4.68 Å². The molecule has 0 aliphatic carbocycles. The molecule has 0 amide bonds. The van der Waals surface area contributed by atoms with Crippen LogP contribution >= 0.6 is 11.6 Å². The van der Waals surface area contributed by atoms with Gasteiger partial charge in [-0.25, -0.2) is 0 Å². The smallest absolute Gasteiger partial charge is 0.0534 e. The van der Waals surface area contributed by atoms with Crippen LogP contribution in [-0.2, 0) is 13.6 Å². The van der Waals surface area contributed by atoms with Crippen LogP contribution in [0.1, 0.15) is 25.3 Å². The number of alkyl halides is 1. The van der Waals surface area contributed by atoms with Crippen molar-refractivity contribution in [3.05, 3.63) is 18.0 Å². The number of nitrogens with one attached hydrogen (secondary N) is 1. The number of aromatic nitrogens is 2. The van der Waals surface area contributed by atoms with Gasteiger partial charge in [-0.2, -0.15) is 5.10 Å². The summed E-state index contributed by atoms with van der Waals surface area (Å²) in [7, 11) is 1.94. The van der Waals surface area contributed by atoms with Gasteiger partial charge in [0, 0.05) is 31.2 Å². The second-order valence-electron chi connectivity index (χ2n) is 4.10. The maximum atomic E-state index is 5.73. The zero-order chi connectivity index (χ0) is 11.1. The summed E-state index contributed by atoms with van der Waals surface area (Å²) in [6.45, 7) is 4.15. The van der Waals surface area contributed by atoms with Gasteiger partial charge in [0.15, 0.2) is 0 Å². The Labute approximate surface area is 96.8 Å². The monoisotopic (exact) mass is 229 g/mol. The van der Waals surface area contributed by atoms with E-state index in [-0.39, 0.29) is 0 Å². The Balaban J connectivity index is 2.02. The first-order valence-corrected chi connectivity index (χ1v) is 6.00. The molecule has 1 heterocycles. The van der Waals surface area contributed by atoms with Crippen molar-refractivity contribution in [2.75, 3.05) is 12.4 Å². The van der Waals surface area contributed by atoms with Crippen LogP contribution < -0.4 is 5.32 Å². The van der Waals surface area contributed by atoms with Gasteiger partial charge in [-0.1, -0.05) is 6.92 Å². The van der Waals surface area contributed by atoms with Crippen LogP contribution in [0, 0.1) is 5.92 Å². The Morgan fingerprint density at radius 1 is 1.60 bits per heavy atom. The Hall–Kier alpha value is -0.540. The number of halogens is 1. The van der Waals surface area contributed by atoms with Crippen LogP contribution in [0.25, 0.3) is 0 Å². The third kappa shape index (κ3) is 5.19. The van der Waals surface area contributed by atoms with Gasteiger partial charge < -0.3 is 5.32 Å². The molecule has 15 heavy (non-hydrogen) atoms. The van der Waals surface area contributed by atoms with Gasteiger partial charge in [-0.15, -0.1) is 11.6 Å². The molecule has 1 rings (SSSR count). The van der Waals surface area contributed by atoms with Gasteiger partial charge in [0.05, 0.1) is 6.20 Å². The van der Waals surface area contributed by atoms with E-state index in [9.17, 15) is 0 Å². The van der Waals surface area contributed by atoms with Crippen molar-refractivity contribution in [3.63, 3.8) is 0 Å². The predicted octanol–water partition coefficient (Wildman–Crippen LogP) is 2.16. The van der Waals surface area contributed by atoms with E-state index in [1.54, 1.807) is 0 Å². The molecule has 0 aliphatic rings. The summed E-state index contributed by atoms with van der Waals surface area (Å²) < 4.78 is 1.83. The lowest BCUT2D eigenvalue weighted by atomic mass is 10.1. The number of rotatable bonds is 7. The zero-order valence-electron chi connectivity index (χ0n) is 9.54. The molecule has 1 N–H and O–H groups in total. The minimum absolute atomic E-state index is 0.631. The Morgan fingerprint density at radius 3 is 3.00 bits per heavy atom. The van der Waals surface area contributed by atoms with Crippen LogP contribution in [0.5, 0.6) is 0 Å². The first-order chi connectivity index (χ1) is 7.22. The third-order valence-corrected chi connectivity index (χ3v) is 2.93. The minimum Gasteiger partial charge on any atom is -0.313 e. The van der Waals surface area contributed by atoms with Crippen molar-refractivity contribution in [3.8, 4) is 0 Å². The molecule has 0 bridgehead atoms. The van der Waals surface area contributed by atoms with Crippen molar-refractivity contribution in [2.45, 2.75) is 26.3 Å². The lowest BCUT2D eigenvalue weighted by Crippen LogP contribution is -2.15. The molecule has 1 aromatic rings. The molecule has 0 spiro atoms. The van der Waals surface area contributed by atoms with Crippen molar-refractivity contribution in [1.29, 1.82) is 0 Å². The number of aryl methyl sites for hydroxylation is 1. The second-order valence-corrected chi connectivity index (χ2v) is 4.41. The Bertz CT molecular complexity index is 273. The molecule has 0 radical (unpaired) electrons. The van der Waals surface area contributed by atoms with E-state index in [2.05, 4.69) is 17.3 Å². The fourth-order valence-electron chi connectivity index (χ4n) is 1.45. The summed E-state index contributed by atoms with van der Waals surface area (Å²) in [5.41, 5.74) is 1.24. The van der Waals surface area contributed by atoms with E-state index in [0.29, 0.717) is 5.92 Å². The highest BCUT2D eigenvalue weighted by Crippen LogP contribution is 2.06. The zero-order valence-corrected chi connectivity index (χ0v) is 10.3. The molecular weight excluding hydrogens is 210 g/mol. The normalized spacial score (nSPS) is 13.0. The van der Waals surface area contributed by atoms with Crippen LogP contribution in [0.2, 0.25) is 0 Å². The van der Waals surface area contributed by atoms with E-state index in [4.69, 9.17) is 11.6 Å². The topological polar surface area (TPSA) is 29.9 Å². The first-order valence-electron chi connectivity index (χ1n) is 5.46. The van der Waals surface area contributed by atoms with E-state index >= 15 is 0 Å². The summed E-state index contributed by atoms with van der Waals surface area (Å²) in [5, 5.41) is 7.51. The molecule has 0 aromatic carbocycles. The summed E-state index contributed by atoms with van der Waals surface area (Å²) in [6, 6.07) is 0. The van der Waals surface area contributed by atoms with Crippen molar-refractivity contribution in [2.24, 2.45) is 13.0 Å². The van der Waals surface area contributed by atoms with Gasteiger partial charge in [-0.05, 0) is 25.3 Å². The standard InChI is InChI=1S/C11H20ClN3/c1-10(6-12)4-3-5-13-7-11-8-14-15(2)9-11/h8-10,13H,3-7H2,1-2H3. The van der Waals surface area contributed by atoms with Crippen LogP contribution in [-0.4, -0.2) is 22.2 Å². The molecule has 3 nitrogen and oxygen atoms in total. The highest BCUT2D eigenvalue weighted by Gasteiger charge is 1.99. The maximum absolute atomic E-state index is 5.73. The predicted molar refractivity (Wildman–Crippen MR) is 64.0 cm³/mol. The quantitative estimate of drug-likeness (QED) is 0.574. The van der Waals surface area contributed by atoms with Crippen molar-refractivity contribution >= 4 is 11.6 Å². The van der Waals surface area contributed by atoms with Gasteiger partial charge in [0.1, 0.15) is 0 Å². The highest BCUT2D eigenvalue weighted by molar-refractivity contribution is 6.18. The average Bonchev–Trinajstić information content (AvgIpc) is 2.63. The second kappa shape index (κ2) is 6.85. The molecule has 1 unspecified atom stereocenters. The third-order valence-electron chi connectivity index (χ3n) is 2.40. The van der Waals surface area contributed by atoms with Crippen LogP contribution in [0.15, 0.2) is 12.4 Å².